The topological polar surface area (TPSA) is 39.7 Å². The summed E-state index contributed by atoms with van der Waals surface area (Å²) in [6.07, 6.45) is 2.70. The number of nitrogens with zero attached hydrogens (tertiary/aromatic N) is 2. The van der Waals surface area contributed by atoms with Crippen LogP contribution >= 0.6 is 0 Å². The number of guanidine groups is 1. The van der Waals surface area contributed by atoms with Gasteiger partial charge in [-0.05, 0) is 39.3 Å². The maximum atomic E-state index is 4.29. The van der Waals surface area contributed by atoms with Crippen molar-refractivity contribution in [3.8, 4) is 0 Å². The molecule has 0 aromatic heterocycles. The van der Waals surface area contributed by atoms with Crippen molar-refractivity contribution < 1.29 is 0 Å². The van der Waals surface area contributed by atoms with Gasteiger partial charge in [0.15, 0.2) is 5.96 Å². The second kappa shape index (κ2) is 7.46. The molecule has 116 valence electrons. The Labute approximate surface area is 128 Å². The predicted molar refractivity (Wildman–Crippen MR) is 89.6 cm³/mol. The first kappa shape index (κ1) is 15.8. The summed E-state index contributed by atoms with van der Waals surface area (Å²) in [5, 5.41) is 6.78. The van der Waals surface area contributed by atoms with Crippen LogP contribution in [-0.2, 0) is 6.54 Å². The third-order valence-corrected chi connectivity index (χ3v) is 4.19. The molecule has 1 aromatic rings. The zero-order chi connectivity index (χ0) is 15.2. The molecule has 0 amide bonds. The number of likely N-dealkylation sites (N-methyl/N-ethyl adjacent to an activating group) is 1. The Hall–Kier alpha value is -1.55. The Morgan fingerprint density at radius 1 is 1.29 bits per heavy atom. The predicted octanol–water partition coefficient (Wildman–Crippen LogP) is 2.14. The second-order valence-corrected chi connectivity index (χ2v) is 6.04. The third kappa shape index (κ3) is 5.05. The average molecular weight is 288 g/mol. The smallest absolute Gasteiger partial charge is 0.191 e. The first-order valence-electron chi connectivity index (χ1n) is 7.82. The summed E-state index contributed by atoms with van der Waals surface area (Å²) in [6, 6.07) is 9.90. The highest BCUT2D eigenvalue weighted by molar-refractivity contribution is 5.79. The van der Waals surface area contributed by atoms with E-state index >= 15 is 0 Å². The van der Waals surface area contributed by atoms with E-state index in [1.165, 1.54) is 24.0 Å². The van der Waals surface area contributed by atoms with Gasteiger partial charge in [0.05, 0.1) is 0 Å². The Kier molecular flexibility index (Phi) is 5.62. The van der Waals surface area contributed by atoms with Gasteiger partial charge in [-0.15, -0.1) is 0 Å². The molecule has 0 spiro atoms. The molecule has 0 radical (unpaired) electrons. The van der Waals surface area contributed by atoms with Crippen molar-refractivity contribution in [2.45, 2.75) is 45.3 Å². The molecule has 1 atom stereocenters. The molecule has 2 N–H and O–H groups in total. The van der Waals surface area contributed by atoms with E-state index in [9.17, 15) is 0 Å². The molecule has 0 aliphatic heterocycles. The summed E-state index contributed by atoms with van der Waals surface area (Å²) < 4.78 is 0. The van der Waals surface area contributed by atoms with Gasteiger partial charge in [0.25, 0.3) is 0 Å². The molecule has 1 saturated carbocycles. The maximum Gasteiger partial charge on any atom is 0.191 e. The number of rotatable bonds is 6. The quantitative estimate of drug-likeness (QED) is 0.622. The molecule has 0 saturated heterocycles. The van der Waals surface area contributed by atoms with Gasteiger partial charge in [-0.3, -0.25) is 9.89 Å². The molecule has 1 fully saturated rings. The van der Waals surface area contributed by atoms with E-state index in [2.05, 4.69) is 65.7 Å². The minimum absolute atomic E-state index is 0.524. The Morgan fingerprint density at radius 2 is 1.95 bits per heavy atom. The van der Waals surface area contributed by atoms with Gasteiger partial charge in [0.1, 0.15) is 0 Å². The summed E-state index contributed by atoms with van der Waals surface area (Å²) in [7, 11) is 4.03. The summed E-state index contributed by atoms with van der Waals surface area (Å²) in [4.78, 5) is 6.75. The van der Waals surface area contributed by atoms with Gasteiger partial charge < -0.3 is 10.6 Å². The standard InChI is InChI=1S/C17H28N4/c1-13-5-7-15(8-6-13)12-20-17(18-3)19-11-14(2)21(4)16-9-10-16/h5-8,14,16H,9-12H2,1-4H3,(H2,18,19,20). The lowest BCUT2D eigenvalue weighted by Gasteiger charge is -2.25. The fraction of sp³-hybridized carbons (Fsp3) is 0.588. The molecule has 0 heterocycles. The van der Waals surface area contributed by atoms with Gasteiger partial charge in [0.2, 0.25) is 0 Å². The van der Waals surface area contributed by atoms with E-state index in [4.69, 9.17) is 0 Å². The molecule has 2 rings (SSSR count). The third-order valence-electron chi connectivity index (χ3n) is 4.19. The zero-order valence-corrected chi connectivity index (χ0v) is 13.7. The van der Waals surface area contributed by atoms with Crippen LogP contribution in [0.15, 0.2) is 29.3 Å². The van der Waals surface area contributed by atoms with Crippen LogP contribution in [-0.4, -0.2) is 43.6 Å². The van der Waals surface area contributed by atoms with Gasteiger partial charge >= 0.3 is 0 Å². The molecule has 1 aliphatic carbocycles. The molecule has 0 bridgehead atoms. The van der Waals surface area contributed by atoms with Crippen LogP contribution in [0.4, 0.5) is 0 Å². The van der Waals surface area contributed by atoms with Gasteiger partial charge in [-0.25, -0.2) is 0 Å². The Bertz CT molecular complexity index is 462. The van der Waals surface area contributed by atoms with Crippen LogP contribution in [0.3, 0.4) is 0 Å². The Morgan fingerprint density at radius 3 is 2.52 bits per heavy atom. The van der Waals surface area contributed by atoms with Crippen LogP contribution < -0.4 is 10.6 Å². The van der Waals surface area contributed by atoms with Crippen LogP contribution in [0.25, 0.3) is 0 Å². The zero-order valence-electron chi connectivity index (χ0n) is 13.7. The second-order valence-electron chi connectivity index (χ2n) is 6.04. The van der Waals surface area contributed by atoms with Crippen molar-refractivity contribution in [1.82, 2.24) is 15.5 Å². The van der Waals surface area contributed by atoms with Crippen molar-refractivity contribution >= 4 is 5.96 Å². The Balaban J connectivity index is 1.74. The molecule has 4 nitrogen and oxygen atoms in total. The number of hydrogen-bond acceptors (Lipinski definition) is 2. The van der Waals surface area contributed by atoms with Gasteiger partial charge in [0, 0.05) is 32.2 Å². The lowest BCUT2D eigenvalue weighted by atomic mass is 10.1. The molecule has 1 aromatic carbocycles. The molecule has 21 heavy (non-hydrogen) atoms. The molecule has 1 unspecified atom stereocenters. The molecule has 1 aliphatic rings. The summed E-state index contributed by atoms with van der Waals surface area (Å²) in [6.45, 7) is 6.08. The summed E-state index contributed by atoms with van der Waals surface area (Å²) in [5.41, 5.74) is 2.56. The summed E-state index contributed by atoms with van der Waals surface area (Å²) >= 11 is 0. The maximum absolute atomic E-state index is 4.29. The number of aryl methyl sites for hydroxylation is 1. The minimum Gasteiger partial charge on any atom is -0.355 e. The van der Waals surface area contributed by atoms with Crippen LogP contribution in [0.1, 0.15) is 30.9 Å². The largest absolute Gasteiger partial charge is 0.355 e. The first-order chi connectivity index (χ1) is 10.1. The monoisotopic (exact) mass is 288 g/mol. The number of hydrogen-bond donors (Lipinski definition) is 2. The highest BCUT2D eigenvalue weighted by Gasteiger charge is 2.28. The van der Waals surface area contributed by atoms with Crippen LogP contribution in [0, 0.1) is 6.92 Å². The van der Waals surface area contributed by atoms with Crippen molar-refractivity contribution in [2.75, 3.05) is 20.6 Å². The first-order valence-corrected chi connectivity index (χ1v) is 7.82. The van der Waals surface area contributed by atoms with Crippen LogP contribution in [0.2, 0.25) is 0 Å². The van der Waals surface area contributed by atoms with Gasteiger partial charge in [-0.1, -0.05) is 29.8 Å². The molecular weight excluding hydrogens is 260 g/mol. The van der Waals surface area contributed by atoms with E-state index < -0.39 is 0 Å². The van der Waals surface area contributed by atoms with E-state index in [1.807, 2.05) is 7.05 Å². The fourth-order valence-corrected chi connectivity index (χ4v) is 2.34. The number of benzene rings is 1. The molecular formula is C17H28N4. The highest BCUT2D eigenvalue weighted by Crippen LogP contribution is 2.26. The van der Waals surface area contributed by atoms with Crippen molar-refractivity contribution in [3.05, 3.63) is 35.4 Å². The minimum atomic E-state index is 0.524. The fourth-order valence-electron chi connectivity index (χ4n) is 2.34. The molecule has 4 heteroatoms. The lowest BCUT2D eigenvalue weighted by molar-refractivity contribution is 0.247. The normalized spacial score (nSPS) is 16.9. The van der Waals surface area contributed by atoms with Gasteiger partial charge in [-0.2, -0.15) is 0 Å². The van der Waals surface area contributed by atoms with Crippen LogP contribution in [0.5, 0.6) is 0 Å². The summed E-state index contributed by atoms with van der Waals surface area (Å²) in [5.74, 6) is 0.867. The van der Waals surface area contributed by atoms with E-state index in [-0.39, 0.29) is 0 Å². The van der Waals surface area contributed by atoms with E-state index in [0.717, 1.165) is 25.1 Å². The van der Waals surface area contributed by atoms with E-state index in [1.54, 1.807) is 0 Å². The van der Waals surface area contributed by atoms with Crippen molar-refractivity contribution in [3.63, 3.8) is 0 Å². The van der Waals surface area contributed by atoms with E-state index in [0.29, 0.717) is 6.04 Å². The highest BCUT2D eigenvalue weighted by atomic mass is 15.2. The SMILES string of the molecule is CN=C(NCc1ccc(C)cc1)NCC(C)N(C)C1CC1. The number of aliphatic imine (C=N–C) groups is 1. The van der Waals surface area contributed by atoms with Crippen molar-refractivity contribution in [1.29, 1.82) is 0 Å². The van der Waals surface area contributed by atoms with Crippen molar-refractivity contribution in [2.24, 2.45) is 4.99 Å². The lowest BCUT2D eigenvalue weighted by Crippen LogP contribution is -2.45. The average Bonchev–Trinajstić information content (AvgIpc) is 3.32. The number of nitrogens with one attached hydrogen (secondary N) is 2.